The Morgan fingerprint density at radius 2 is 2.00 bits per heavy atom. The first-order chi connectivity index (χ1) is 8.10. The van der Waals surface area contributed by atoms with Crippen LogP contribution >= 0.6 is 15.9 Å². The van der Waals surface area contributed by atoms with Gasteiger partial charge >= 0.3 is 0 Å². The molecule has 4 heteroatoms. The molecule has 0 fully saturated rings. The van der Waals surface area contributed by atoms with Crippen LogP contribution in [0.4, 0.5) is 5.69 Å². The van der Waals surface area contributed by atoms with Gasteiger partial charge in [-0.25, -0.2) is 0 Å². The highest BCUT2D eigenvalue weighted by Gasteiger charge is 2.11. The molecule has 1 aromatic carbocycles. The smallest absolute Gasteiger partial charge is 0.0692 e. The Morgan fingerprint density at radius 1 is 1.29 bits per heavy atom. The fraction of sp³-hybridized carbons (Fsp3) is 0.538. The SMILES string of the molecule is CC(C)N(CCCO)c1ccc(CO)c(Br)c1. The second kappa shape index (κ2) is 6.99. The summed E-state index contributed by atoms with van der Waals surface area (Å²) >= 11 is 3.46. The largest absolute Gasteiger partial charge is 0.396 e. The van der Waals surface area contributed by atoms with Crippen molar-refractivity contribution in [1.82, 2.24) is 0 Å². The van der Waals surface area contributed by atoms with Gasteiger partial charge in [0.1, 0.15) is 0 Å². The van der Waals surface area contributed by atoms with Crippen molar-refractivity contribution < 1.29 is 10.2 Å². The predicted molar refractivity (Wildman–Crippen MR) is 74.2 cm³/mol. The molecule has 0 amide bonds. The van der Waals surface area contributed by atoms with Gasteiger partial charge in [-0.15, -0.1) is 0 Å². The molecule has 0 bridgehead atoms. The lowest BCUT2D eigenvalue weighted by atomic mass is 10.1. The third kappa shape index (κ3) is 3.98. The summed E-state index contributed by atoms with van der Waals surface area (Å²) in [6.45, 7) is 5.34. The summed E-state index contributed by atoms with van der Waals surface area (Å²) in [7, 11) is 0. The van der Waals surface area contributed by atoms with Gasteiger partial charge in [0.25, 0.3) is 0 Å². The molecule has 2 N–H and O–H groups in total. The van der Waals surface area contributed by atoms with E-state index in [1.807, 2.05) is 18.2 Å². The van der Waals surface area contributed by atoms with Gasteiger partial charge in [0.05, 0.1) is 6.61 Å². The van der Waals surface area contributed by atoms with Gasteiger partial charge in [-0.3, -0.25) is 0 Å². The van der Waals surface area contributed by atoms with Gasteiger partial charge in [-0.05, 0) is 38.0 Å². The molecule has 0 spiro atoms. The van der Waals surface area contributed by atoms with Crippen molar-refractivity contribution in [1.29, 1.82) is 0 Å². The van der Waals surface area contributed by atoms with Crippen LogP contribution in [0.25, 0.3) is 0 Å². The highest BCUT2D eigenvalue weighted by molar-refractivity contribution is 9.10. The summed E-state index contributed by atoms with van der Waals surface area (Å²) in [5.41, 5.74) is 2.00. The molecule has 0 aliphatic rings. The van der Waals surface area contributed by atoms with Crippen LogP contribution in [0.15, 0.2) is 22.7 Å². The van der Waals surface area contributed by atoms with Crippen LogP contribution in [-0.4, -0.2) is 29.4 Å². The Kier molecular flexibility index (Phi) is 5.95. The van der Waals surface area contributed by atoms with Gasteiger partial charge in [-0.1, -0.05) is 22.0 Å². The number of benzene rings is 1. The quantitative estimate of drug-likeness (QED) is 0.849. The average Bonchev–Trinajstić information content (AvgIpc) is 2.29. The minimum absolute atomic E-state index is 0.0409. The minimum atomic E-state index is 0.0409. The summed E-state index contributed by atoms with van der Waals surface area (Å²) in [4.78, 5) is 2.24. The van der Waals surface area contributed by atoms with Crippen molar-refractivity contribution >= 4 is 21.6 Å². The summed E-state index contributed by atoms with van der Waals surface area (Å²) in [5.74, 6) is 0. The average molecular weight is 302 g/mol. The molecular weight excluding hydrogens is 282 g/mol. The standard InChI is InChI=1S/C13H20BrNO2/c1-10(2)15(6-3-7-16)12-5-4-11(9-17)13(14)8-12/h4-5,8,10,16-17H,3,6-7,9H2,1-2H3. The number of rotatable bonds is 6. The number of halogens is 1. The lowest BCUT2D eigenvalue weighted by Crippen LogP contribution is -2.32. The molecule has 0 radical (unpaired) electrons. The zero-order chi connectivity index (χ0) is 12.8. The summed E-state index contributed by atoms with van der Waals surface area (Å²) in [5, 5.41) is 18.0. The Labute approximate surface area is 111 Å². The summed E-state index contributed by atoms with van der Waals surface area (Å²) < 4.78 is 0.923. The van der Waals surface area contributed by atoms with E-state index < -0.39 is 0 Å². The predicted octanol–water partition coefficient (Wildman–Crippen LogP) is 2.54. The van der Waals surface area contributed by atoms with Gasteiger partial charge in [-0.2, -0.15) is 0 Å². The molecule has 0 atom stereocenters. The minimum Gasteiger partial charge on any atom is -0.396 e. The molecule has 0 aliphatic heterocycles. The summed E-state index contributed by atoms with van der Waals surface area (Å²) in [6, 6.07) is 6.33. The van der Waals surface area contributed by atoms with Gasteiger partial charge in [0.2, 0.25) is 0 Å². The maximum Gasteiger partial charge on any atom is 0.0692 e. The Bertz CT molecular complexity index is 355. The number of nitrogens with zero attached hydrogens (tertiary/aromatic N) is 1. The molecular formula is C13H20BrNO2. The van der Waals surface area contributed by atoms with E-state index in [1.54, 1.807) is 0 Å². The molecule has 0 saturated heterocycles. The van der Waals surface area contributed by atoms with Crippen LogP contribution < -0.4 is 4.90 Å². The van der Waals surface area contributed by atoms with E-state index >= 15 is 0 Å². The molecule has 0 saturated carbocycles. The lowest BCUT2D eigenvalue weighted by Gasteiger charge is -2.29. The molecule has 3 nitrogen and oxygen atoms in total. The molecule has 0 aromatic heterocycles. The highest BCUT2D eigenvalue weighted by Crippen LogP contribution is 2.25. The Balaban J connectivity index is 2.90. The van der Waals surface area contributed by atoms with E-state index in [9.17, 15) is 0 Å². The fourth-order valence-corrected chi connectivity index (χ4v) is 2.26. The van der Waals surface area contributed by atoms with E-state index in [2.05, 4.69) is 34.7 Å². The van der Waals surface area contributed by atoms with E-state index in [4.69, 9.17) is 10.2 Å². The van der Waals surface area contributed by atoms with Crippen molar-refractivity contribution in [3.8, 4) is 0 Å². The fourth-order valence-electron chi connectivity index (χ4n) is 1.77. The number of aliphatic hydroxyl groups is 2. The van der Waals surface area contributed by atoms with Crippen molar-refractivity contribution in [2.24, 2.45) is 0 Å². The van der Waals surface area contributed by atoms with Gasteiger partial charge < -0.3 is 15.1 Å². The van der Waals surface area contributed by atoms with Crippen LogP contribution in [0, 0.1) is 0 Å². The van der Waals surface area contributed by atoms with Crippen molar-refractivity contribution in [2.45, 2.75) is 32.9 Å². The lowest BCUT2D eigenvalue weighted by molar-refractivity contribution is 0.281. The normalized spacial score (nSPS) is 10.9. The maximum atomic E-state index is 9.12. The monoisotopic (exact) mass is 301 g/mol. The van der Waals surface area contributed by atoms with Crippen LogP contribution in [-0.2, 0) is 6.61 Å². The first-order valence-corrected chi connectivity index (χ1v) is 6.66. The molecule has 17 heavy (non-hydrogen) atoms. The van der Waals surface area contributed by atoms with Crippen LogP contribution in [0.2, 0.25) is 0 Å². The Hall–Kier alpha value is -0.580. The van der Waals surface area contributed by atoms with Crippen molar-refractivity contribution in [2.75, 3.05) is 18.1 Å². The first kappa shape index (κ1) is 14.5. The highest BCUT2D eigenvalue weighted by atomic mass is 79.9. The maximum absolute atomic E-state index is 9.12. The van der Waals surface area contributed by atoms with Crippen LogP contribution in [0.1, 0.15) is 25.8 Å². The molecule has 0 unspecified atom stereocenters. The van der Waals surface area contributed by atoms with Gasteiger partial charge in [0.15, 0.2) is 0 Å². The number of anilines is 1. The zero-order valence-electron chi connectivity index (χ0n) is 10.4. The van der Waals surface area contributed by atoms with Crippen LogP contribution in [0.5, 0.6) is 0 Å². The third-order valence-corrected chi connectivity index (χ3v) is 3.46. The third-order valence-electron chi connectivity index (χ3n) is 2.72. The van der Waals surface area contributed by atoms with Crippen molar-refractivity contribution in [3.63, 3.8) is 0 Å². The van der Waals surface area contributed by atoms with Crippen molar-refractivity contribution in [3.05, 3.63) is 28.2 Å². The van der Waals surface area contributed by atoms with E-state index in [0.717, 1.165) is 28.7 Å². The van der Waals surface area contributed by atoms with E-state index in [0.29, 0.717) is 6.04 Å². The molecule has 1 rings (SSSR count). The number of hydrogen-bond donors (Lipinski definition) is 2. The molecule has 1 aromatic rings. The number of aliphatic hydroxyl groups excluding tert-OH is 2. The molecule has 0 aliphatic carbocycles. The molecule has 96 valence electrons. The first-order valence-electron chi connectivity index (χ1n) is 5.87. The summed E-state index contributed by atoms with van der Waals surface area (Å²) in [6.07, 6.45) is 0.761. The molecule has 0 heterocycles. The topological polar surface area (TPSA) is 43.7 Å². The second-order valence-corrected chi connectivity index (χ2v) is 5.15. The van der Waals surface area contributed by atoms with Gasteiger partial charge in [0, 0.05) is 29.4 Å². The van der Waals surface area contributed by atoms with E-state index in [1.165, 1.54) is 0 Å². The second-order valence-electron chi connectivity index (χ2n) is 4.30. The number of hydrogen-bond acceptors (Lipinski definition) is 3. The zero-order valence-corrected chi connectivity index (χ0v) is 11.9. The van der Waals surface area contributed by atoms with E-state index in [-0.39, 0.29) is 13.2 Å². The van der Waals surface area contributed by atoms with Crippen LogP contribution in [0.3, 0.4) is 0 Å². The Morgan fingerprint density at radius 3 is 2.47 bits per heavy atom.